The molecule has 4 nitrogen and oxygen atoms in total. The largest absolute Gasteiger partial charge is 0.772 e. The minimum Gasteiger partial charge on any atom is -0.772 e. The molecule has 0 heterocycles. The lowest BCUT2D eigenvalue weighted by Gasteiger charge is -2.08. The average Bonchev–Trinajstić information content (AvgIpc) is 2.36. The second kappa shape index (κ2) is 5.86. The second-order valence-electron chi connectivity index (χ2n) is 4.40. The van der Waals surface area contributed by atoms with Gasteiger partial charge in [-0.05, 0) is 35.2 Å². The van der Waals surface area contributed by atoms with Gasteiger partial charge in [-0.15, -0.1) is 0 Å². The molecule has 0 aliphatic rings. The van der Waals surface area contributed by atoms with Gasteiger partial charge in [0.05, 0.1) is 11.4 Å². The second-order valence-corrected chi connectivity index (χ2v) is 5.30. The molecule has 0 aromatic heterocycles. The Bertz CT molecular complexity index is 597. The Morgan fingerprint density at radius 2 is 1.47 bits per heavy atom. The zero-order valence-electron chi connectivity index (χ0n) is 10.3. The first kappa shape index (κ1) is 13.6. The fourth-order valence-electron chi connectivity index (χ4n) is 1.86. The molecule has 2 aromatic carbocycles. The molecule has 100 valence electrons. The SMILES string of the molecule is Nc1ccc(Cc2ccc(CS(=O)[O-])cc2)cc1N. The van der Waals surface area contributed by atoms with E-state index in [4.69, 9.17) is 11.5 Å². The smallest absolute Gasteiger partial charge is 0.0550 e. The highest BCUT2D eigenvalue weighted by molar-refractivity contribution is 7.78. The van der Waals surface area contributed by atoms with E-state index in [-0.39, 0.29) is 5.75 Å². The van der Waals surface area contributed by atoms with Crippen molar-refractivity contribution in [1.29, 1.82) is 0 Å². The predicted octanol–water partition coefficient (Wildman–Crippen LogP) is 1.82. The highest BCUT2D eigenvalue weighted by Gasteiger charge is 2.00. The van der Waals surface area contributed by atoms with Crippen LogP contribution in [0.25, 0.3) is 0 Å². The van der Waals surface area contributed by atoms with E-state index in [1.807, 2.05) is 36.4 Å². The van der Waals surface area contributed by atoms with E-state index in [0.29, 0.717) is 11.4 Å². The fraction of sp³-hybridized carbons (Fsp3) is 0.143. The summed E-state index contributed by atoms with van der Waals surface area (Å²) >= 11 is -2.05. The first-order valence-corrected chi connectivity index (χ1v) is 7.06. The summed E-state index contributed by atoms with van der Waals surface area (Å²) in [5.74, 6) is 0.0507. The van der Waals surface area contributed by atoms with E-state index >= 15 is 0 Å². The van der Waals surface area contributed by atoms with Crippen molar-refractivity contribution in [1.82, 2.24) is 0 Å². The molecule has 0 amide bonds. The number of benzene rings is 2. The number of hydrogen-bond donors (Lipinski definition) is 2. The summed E-state index contributed by atoms with van der Waals surface area (Å²) in [6.07, 6.45) is 0.741. The molecule has 19 heavy (non-hydrogen) atoms. The Hall–Kier alpha value is -1.85. The first-order chi connectivity index (χ1) is 9.04. The molecule has 1 unspecified atom stereocenters. The molecule has 0 fully saturated rings. The van der Waals surface area contributed by atoms with Gasteiger partial charge in [0.1, 0.15) is 0 Å². The molecule has 4 N–H and O–H groups in total. The predicted molar refractivity (Wildman–Crippen MR) is 77.1 cm³/mol. The lowest BCUT2D eigenvalue weighted by molar-refractivity contribution is 0.536. The van der Waals surface area contributed by atoms with Crippen molar-refractivity contribution < 1.29 is 8.76 Å². The number of hydrogen-bond acceptors (Lipinski definition) is 4. The average molecular weight is 275 g/mol. The molecule has 0 saturated heterocycles. The zero-order valence-corrected chi connectivity index (χ0v) is 11.2. The van der Waals surface area contributed by atoms with Gasteiger partial charge < -0.3 is 16.0 Å². The van der Waals surface area contributed by atoms with E-state index in [2.05, 4.69) is 0 Å². The Morgan fingerprint density at radius 1 is 0.895 bits per heavy atom. The van der Waals surface area contributed by atoms with Crippen LogP contribution >= 0.6 is 0 Å². The summed E-state index contributed by atoms with van der Waals surface area (Å²) in [6.45, 7) is 0. The third-order valence-electron chi connectivity index (χ3n) is 2.87. The summed E-state index contributed by atoms with van der Waals surface area (Å²) in [5.41, 5.74) is 15.5. The molecule has 2 aromatic rings. The maximum atomic E-state index is 10.6. The van der Waals surface area contributed by atoms with E-state index in [1.165, 1.54) is 0 Å². The monoisotopic (exact) mass is 275 g/mol. The normalized spacial score (nSPS) is 12.3. The van der Waals surface area contributed by atoms with Gasteiger partial charge in [0.15, 0.2) is 0 Å². The Kier molecular flexibility index (Phi) is 4.19. The van der Waals surface area contributed by atoms with E-state index in [9.17, 15) is 8.76 Å². The molecule has 1 atom stereocenters. The molecule has 5 heteroatoms. The molecule has 0 radical (unpaired) electrons. The molecule has 0 aliphatic carbocycles. The summed E-state index contributed by atoms with van der Waals surface area (Å²) in [6, 6.07) is 13.1. The molecule has 2 rings (SSSR count). The zero-order chi connectivity index (χ0) is 13.8. The molecular formula is C14H15N2O2S-. The van der Waals surface area contributed by atoms with Gasteiger partial charge in [-0.2, -0.15) is 0 Å². The highest BCUT2D eigenvalue weighted by atomic mass is 32.2. The first-order valence-electron chi connectivity index (χ1n) is 5.82. The summed E-state index contributed by atoms with van der Waals surface area (Å²) in [4.78, 5) is 0. The van der Waals surface area contributed by atoms with Crippen LogP contribution in [0.1, 0.15) is 16.7 Å². The van der Waals surface area contributed by atoms with Crippen molar-refractivity contribution in [2.75, 3.05) is 11.5 Å². The summed E-state index contributed by atoms with van der Waals surface area (Å²) in [7, 11) is 0. The molecule has 0 bridgehead atoms. The van der Waals surface area contributed by atoms with E-state index in [0.717, 1.165) is 23.1 Å². The van der Waals surface area contributed by atoms with Crippen molar-refractivity contribution in [3.63, 3.8) is 0 Å². The summed E-state index contributed by atoms with van der Waals surface area (Å²) < 4.78 is 21.2. The maximum absolute atomic E-state index is 10.6. The van der Waals surface area contributed by atoms with Crippen LogP contribution in [-0.4, -0.2) is 8.76 Å². The van der Waals surface area contributed by atoms with Gasteiger partial charge in [0.2, 0.25) is 0 Å². The van der Waals surface area contributed by atoms with Crippen LogP contribution in [0.15, 0.2) is 42.5 Å². The number of nitrogen functional groups attached to an aromatic ring is 2. The highest BCUT2D eigenvalue weighted by Crippen LogP contribution is 2.19. The lowest BCUT2D eigenvalue weighted by atomic mass is 10.0. The van der Waals surface area contributed by atoms with Crippen LogP contribution in [0.3, 0.4) is 0 Å². The van der Waals surface area contributed by atoms with Gasteiger partial charge >= 0.3 is 0 Å². The van der Waals surface area contributed by atoms with Gasteiger partial charge in [-0.25, -0.2) is 0 Å². The Labute approximate surface area is 114 Å². The van der Waals surface area contributed by atoms with Crippen molar-refractivity contribution in [2.45, 2.75) is 12.2 Å². The van der Waals surface area contributed by atoms with Gasteiger partial charge in [-0.3, -0.25) is 4.21 Å². The van der Waals surface area contributed by atoms with Crippen LogP contribution < -0.4 is 11.5 Å². The standard InChI is InChI=1S/C14H16N2O2S/c15-13-6-5-12(8-14(13)16)7-10-1-3-11(4-2-10)9-19(17)18/h1-6,8H,7,9,15-16H2,(H,17,18)/p-1. The van der Waals surface area contributed by atoms with E-state index < -0.39 is 11.1 Å². The number of nitrogens with two attached hydrogens (primary N) is 2. The minimum atomic E-state index is -2.05. The fourth-order valence-corrected chi connectivity index (χ4v) is 2.32. The van der Waals surface area contributed by atoms with Crippen LogP contribution in [-0.2, 0) is 23.3 Å². The molecule has 0 saturated carbocycles. The molecule has 0 spiro atoms. The van der Waals surface area contributed by atoms with E-state index in [1.54, 1.807) is 6.07 Å². The third kappa shape index (κ3) is 3.81. The van der Waals surface area contributed by atoms with Crippen LogP contribution in [0, 0.1) is 0 Å². The van der Waals surface area contributed by atoms with Gasteiger partial charge in [-0.1, -0.05) is 41.4 Å². The molecule has 0 aliphatic heterocycles. The third-order valence-corrected chi connectivity index (χ3v) is 3.44. The van der Waals surface area contributed by atoms with Crippen molar-refractivity contribution in [3.05, 3.63) is 59.2 Å². The quantitative estimate of drug-likeness (QED) is 0.657. The molecular weight excluding hydrogens is 260 g/mol. The maximum Gasteiger partial charge on any atom is 0.0550 e. The van der Waals surface area contributed by atoms with Gasteiger partial charge in [0, 0.05) is 5.75 Å². The number of rotatable bonds is 4. The van der Waals surface area contributed by atoms with Crippen LogP contribution in [0.5, 0.6) is 0 Å². The minimum absolute atomic E-state index is 0.0507. The van der Waals surface area contributed by atoms with Crippen LogP contribution in [0.4, 0.5) is 11.4 Å². The summed E-state index contributed by atoms with van der Waals surface area (Å²) in [5, 5.41) is 0. The Balaban J connectivity index is 2.10. The van der Waals surface area contributed by atoms with Crippen molar-refractivity contribution in [3.8, 4) is 0 Å². The lowest BCUT2D eigenvalue weighted by Crippen LogP contribution is -1.97. The van der Waals surface area contributed by atoms with Crippen LogP contribution in [0.2, 0.25) is 0 Å². The van der Waals surface area contributed by atoms with Crippen molar-refractivity contribution in [2.24, 2.45) is 0 Å². The number of anilines is 2. The topological polar surface area (TPSA) is 92.2 Å². The Morgan fingerprint density at radius 3 is 2.05 bits per heavy atom. The van der Waals surface area contributed by atoms with Crippen molar-refractivity contribution >= 4 is 22.5 Å². The van der Waals surface area contributed by atoms with Gasteiger partial charge in [0.25, 0.3) is 0 Å².